The lowest BCUT2D eigenvalue weighted by Gasteiger charge is -2.23. The highest BCUT2D eigenvalue weighted by Crippen LogP contribution is 2.23. The second-order valence-electron chi connectivity index (χ2n) is 5.70. The van der Waals surface area contributed by atoms with E-state index in [1.165, 1.54) is 0 Å². The van der Waals surface area contributed by atoms with Gasteiger partial charge in [-0.1, -0.05) is 6.92 Å². The fourth-order valence-corrected chi connectivity index (χ4v) is 2.89. The number of ether oxygens (including phenoxy) is 1. The number of pyridine rings is 1. The van der Waals surface area contributed by atoms with Crippen molar-refractivity contribution < 1.29 is 9.53 Å². The summed E-state index contributed by atoms with van der Waals surface area (Å²) >= 11 is 0. The third kappa shape index (κ3) is 3.04. The Balaban J connectivity index is 1.74. The summed E-state index contributed by atoms with van der Waals surface area (Å²) in [6.07, 6.45) is 2.29. The van der Waals surface area contributed by atoms with Crippen LogP contribution in [0.3, 0.4) is 0 Å². The van der Waals surface area contributed by atoms with Crippen molar-refractivity contribution >= 4 is 11.6 Å². The van der Waals surface area contributed by atoms with Gasteiger partial charge in [-0.05, 0) is 25.8 Å². The summed E-state index contributed by atoms with van der Waals surface area (Å²) in [7, 11) is 1.58. The maximum atomic E-state index is 12.6. The summed E-state index contributed by atoms with van der Waals surface area (Å²) in [5.74, 6) is 2.32. The summed E-state index contributed by atoms with van der Waals surface area (Å²) in [4.78, 5) is 17.0. The van der Waals surface area contributed by atoms with Crippen LogP contribution in [0.2, 0.25) is 0 Å². The number of fused-ring (bicyclic) bond motifs is 1. The molecule has 0 aromatic carbocycles. The number of carbonyl (C=O) groups excluding carboxylic acids is 1. The predicted molar refractivity (Wildman–Crippen MR) is 85.4 cm³/mol. The van der Waals surface area contributed by atoms with Crippen LogP contribution in [0.4, 0.5) is 5.69 Å². The minimum atomic E-state index is -0.0796. The Bertz CT molecular complexity index is 725. The van der Waals surface area contributed by atoms with E-state index < -0.39 is 0 Å². The van der Waals surface area contributed by atoms with Gasteiger partial charge in [0.15, 0.2) is 0 Å². The molecule has 1 unspecified atom stereocenters. The molecular formula is C16H21N5O2. The highest BCUT2D eigenvalue weighted by atomic mass is 16.5. The van der Waals surface area contributed by atoms with Crippen molar-refractivity contribution in [3.8, 4) is 5.88 Å². The van der Waals surface area contributed by atoms with Crippen LogP contribution in [0.5, 0.6) is 5.88 Å². The molecule has 0 fully saturated rings. The Kier molecular flexibility index (Phi) is 4.27. The van der Waals surface area contributed by atoms with Gasteiger partial charge in [0, 0.05) is 19.0 Å². The molecule has 23 heavy (non-hydrogen) atoms. The SMILES string of the molecule is CCc1nc(OC)ccc1NC(=O)C1CCc2nnc(C)n2C1. The number of nitrogens with one attached hydrogen (secondary N) is 1. The van der Waals surface area contributed by atoms with Crippen molar-refractivity contribution in [2.45, 2.75) is 39.7 Å². The first kappa shape index (κ1) is 15.5. The molecule has 0 spiro atoms. The number of anilines is 1. The second kappa shape index (κ2) is 6.36. The summed E-state index contributed by atoms with van der Waals surface area (Å²) in [6, 6.07) is 3.61. The van der Waals surface area contributed by atoms with Crippen molar-refractivity contribution in [2.24, 2.45) is 5.92 Å². The molecule has 1 amide bonds. The number of rotatable bonds is 4. The molecule has 7 heteroatoms. The Morgan fingerprint density at radius 2 is 2.26 bits per heavy atom. The lowest BCUT2D eigenvalue weighted by molar-refractivity contribution is -0.120. The quantitative estimate of drug-likeness (QED) is 0.929. The van der Waals surface area contributed by atoms with Gasteiger partial charge in [0.2, 0.25) is 11.8 Å². The van der Waals surface area contributed by atoms with Crippen LogP contribution >= 0.6 is 0 Å². The Morgan fingerprint density at radius 1 is 1.43 bits per heavy atom. The van der Waals surface area contributed by atoms with Gasteiger partial charge >= 0.3 is 0 Å². The molecule has 3 rings (SSSR count). The first-order valence-corrected chi connectivity index (χ1v) is 7.85. The maximum Gasteiger partial charge on any atom is 0.229 e. The molecule has 1 atom stereocenters. The van der Waals surface area contributed by atoms with E-state index in [4.69, 9.17) is 4.74 Å². The lowest BCUT2D eigenvalue weighted by atomic mass is 9.98. The molecule has 0 aliphatic carbocycles. The molecule has 122 valence electrons. The van der Waals surface area contributed by atoms with E-state index in [9.17, 15) is 4.79 Å². The number of hydrogen-bond donors (Lipinski definition) is 1. The van der Waals surface area contributed by atoms with Gasteiger partial charge in [0.25, 0.3) is 0 Å². The maximum absolute atomic E-state index is 12.6. The van der Waals surface area contributed by atoms with Crippen molar-refractivity contribution in [3.05, 3.63) is 29.5 Å². The van der Waals surface area contributed by atoms with Crippen molar-refractivity contribution in [2.75, 3.05) is 12.4 Å². The number of aryl methyl sites for hydroxylation is 3. The largest absolute Gasteiger partial charge is 0.481 e. The molecule has 7 nitrogen and oxygen atoms in total. The van der Waals surface area contributed by atoms with E-state index in [-0.39, 0.29) is 11.8 Å². The summed E-state index contributed by atoms with van der Waals surface area (Å²) in [5, 5.41) is 11.2. The fourth-order valence-electron chi connectivity index (χ4n) is 2.89. The average molecular weight is 315 g/mol. The van der Waals surface area contributed by atoms with Crippen LogP contribution in [0.25, 0.3) is 0 Å². The Labute approximate surface area is 135 Å². The smallest absolute Gasteiger partial charge is 0.229 e. The first-order valence-electron chi connectivity index (χ1n) is 7.85. The average Bonchev–Trinajstić information content (AvgIpc) is 2.95. The summed E-state index contributed by atoms with van der Waals surface area (Å²) < 4.78 is 7.16. The number of carbonyl (C=O) groups is 1. The molecule has 0 saturated carbocycles. The van der Waals surface area contributed by atoms with Crippen LogP contribution in [-0.4, -0.2) is 32.8 Å². The van der Waals surface area contributed by atoms with E-state index >= 15 is 0 Å². The van der Waals surface area contributed by atoms with Gasteiger partial charge in [-0.25, -0.2) is 4.98 Å². The highest BCUT2D eigenvalue weighted by molar-refractivity contribution is 5.93. The molecule has 0 saturated heterocycles. The number of aromatic nitrogens is 4. The fraction of sp³-hybridized carbons (Fsp3) is 0.500. The van der Waals surface area contributed by atoms with Gasteiger partial charge in [0.1, 0.15) is 11.6 Å². The second-order valence-corrected chi connectivity index (χ2v) is 5.70. The van der Waals surface area contributed by atoms with Crippen LogP contribution in [-0.2, 0) is 24.2 Å². The zero-order valence-electron chi connectivity index (χ0n) is 13.7. The molecule has 3 heterocycles. The standard InChI is InChI=1S/C16H21N5O2/c1-4-12-13(6-8-15(17-12)23-3)18-16(22)11-5-7-14-20-19-10(2)21(14)9-11/h6,8,11H,4-5,7,9H2,1-3H3,(H,18,22). The topological polar surface area (TPSA) is 81.9 Å². The Hall–Kier alpha value is -2.44. The highest BCUT2D eigenvalue weighted by Gasteiger charge is 2.27. The first-order chi connectivity index (χ1) is 11.1. The molecule has 1 aliphatic rings. The molecule has 1 N–H and O–H groups in total. The number of methoxy groups -OCH3 is 1. The van der Waals surface area contributed by atoms with Crippen LogP contribution in [0, 0.1) is 12.8 Å². The normalized spacial score (nSPS) is 16.7. The minimum Gasteiger partial charge on any atom is -0.481 e. The van der Waals surface area contributed by atoms with Gasteiger partial charge in [-0.15, -0.1) is 10.2 Å². The van der Waals surface area contributed by atoms with Crippen molar-refractivity contribution in [1.82, 2.24) is 19.7 Å². The van der Waals surface area contributed by atoms with Gasteiger partial charge < -0.3 is 14.6 Å². The van der Waals surface area contributed by atoms with Crippen LogP contribution in [0.1, 0.15) is 30.7 Å². The number of amides is 1. The van der Waals surface area contributed by atoms with Crippen LogP contribution < -0.4 is 10.1 Å². The summed E-state index contributed by atoms with van der Waals surface area (Å²) in [5.41, 5.74) is 1.58. The third-order valence-corrected chi connectivity index (χ3v) is 4.25. The number of nitrogens with zero attached hydrogens (tertiary/aromatic N) is 4. The van der Waals surface area contributed by atoms with E-state index in [2.05, 4.69) is 20.5 Å². The predicted octanol–water partition coefficient (Wildman–Crippen LogP) is 1.75. The third-order valence-electron chi connectivity index (χ3n) is 4.25. The zero-order valence-corrected chi connectivity index (χ0v) is 13.7. The Morgan fingerprint density at radius 3 is 3.00 bits per heavy atom. The van der Waals surface area contributed by atoms with Crippen molar-refractivity contribution in [3.63, 3.8) is 0 Å². The van der Waals surface area contributed by atoms with E-state index in [0.29, 0.717) is 12.4 Å². The van der Waals surface area contributed by atoms with Crippen molar-refractivity contribution in [1.29, 1.82) is 0 Å². The van der Waals surface area contributed by atoms with Crippen LogP contribution in [0.15, 0.2) is 12.1 Å². The molecule has 1 aliphatic heterocycles. The summed E-state index contributed by atoms with van der Waals surface area (Å²) in [6.45, 7) is 4.55. The lowest BCUT2D eigenvalue weighted by Crippen LogP contribution is -2.32. The van der Waals surface area contributed by atoms with Gasteiger partial charge in [-0.2, -0.15) is 0 Å². The van der Waals surface area contributed by atoms with E-state index in [1.807, 2.05) is 24.5 Å². The molecular weight excluding hydrogens is 294 g/mol. The van der Waals surface area contributed by atoms with Gasteiger partial charge in [0.05, 0.1) is 24.4 Å². The van der Waals surface area contributed by atoms with Gasteiger partial charge in [-0.3, -0.25) is 4.79 Å². The monoisotopic (exact) mass is 315 g/mol. The zero-order chi connectivity index (χ0) is 16.4. The number of hydrogen-bond acceptors (Lipinski definition) is 5. The molecule has 0 radical (unpaired) electrons. The molecule has 2 aromatic rings. The molecule has 2 aromatic heterocycles. The van der Waals surface area contributed by atoms with E-state index in [1.54, 1.807) is 13.2 Å². The van der Waals surface area contributed by atoms with E-state index in [0.717, 1.165) is 42.3 Å². The molecule has 0 bridgehead atoms. The minimum absolute atomic E-state index is 0.0189.